The molecule has 3 N–H and O–H groups in total. The van der Waals surface area contributed by atoms with Gasteiger partial charge in [-0.25, -0.2) is 0 Å². The third-order valence-electron chi connectivity index (χ3n) is 2.41. The smallest absolute Gasteiger partial charge is 0.399 e. The molecule has 5 nitrogen and oxygen atoms in total. The first-order chi connectivity index (χ1) is 9.44. The van der Waals surface area contributed by atoms with Crippen LogP contribution < -0.4 is 39.5 Å². The van der Waals surface area contributed by atoms with Crippen molar-refractivity contribution < 1.29 is 46.7 Å². The molecule has 2 aromatic rings. The molecule has 0 fully saturated rings. The Morgan fingerprint density at radius 1 is 1.19 bits per heavy atom. The van der Waals surface area contributed by atoms with E-state index in [0.29, 0.717) is 11.3 Å². The van der Waals surface area contributed by atoms with Crippen molar-refractivity contribution in [2.45, 2.75) is 0 Å². The fourth-order valence-corrected chi connectivity index (χ4v) is 1.94. The molecule has 0 atom stereocenters. The molecule has 0 radical (unpaired) electrons. The molecular weight excluding hydrogens is 301 g/mol. The SMILES string of the molecule is Nc1ccc(C=Cc2[c-]cccc2)c(OS(=O)(=O)O)c1.[Na+]. The molecule has 7 heteroatoms. The quantitative estimate of drug-likeness (QED) is 0.259. The van der Waals surface area contributed by atoms with Crippen molar-refractivity contribution in [3.05, 3.63) is 59.7 Å². The van der Waals surface area contributed by atoms with Crippen molar-refractivity contribution in [3.63, 3.8) is 0 Å². The molecule has 0 aromatic heterocycles. The zero-order valence-corrected chi connectivity index (χ0v) is 14.2. The summed E-state index contributed by atoms with van der Waals surface area (Å²) in [5, 5.41) is 0. The summed E-state index contributed by atoms with van der Waals surface area (Å²) in [6.45, 7) is 0. The third kappa shape index (κ3) is 5.91. The molecule has 0 amide bonds. The standard InChI is InChI=1S/C14H12NO4S.Na/c15-13-9-8-12(14(10-13)19-20(16,17)18)7-6-11-4-2-1-3-5-11;/h1-4,6-10H,15H2,(H,16,17,18);/q-1;+1. The summed E-state index contributed by atoms with van der Waals surface area (Å²) in [7, 11) is -4.60. The molecule has 0 aliphatic rings. The third-order valence-corrected chi connectivity index (χ3v) is 2.80. The fourth-order valence-electron chi connectivity index (χ4n) is 1.56. The number of nitrogen functional groups attached to an aromatic ring is 1. The van der Waals surface area contributed by atoms with E-state index in [2.05, 4.69) is 10.2 Å². The molecule has 0 saturated heterocycles. The van der Waals surface area contributed by atoms with Gasteiger partial charge in [0.05, 0.1) is 0 Å². The minimum atomic E-state index is -4.60. The normalized spacial score (nSPS) is 11.1. The van der Waals surface area contributed by atoms with Crippen LogP contribution in [0.1, 0.15) is 11.1 Å². The van der Waals surface area contributed by atoms with Gasteiger partial charge in [0.25, 0.3) is 0 Å². The molecule has 2 rings (SSSR count). The number of benzene rings is 2. The Balaban J connectivity index is 0.00000220. The predicted molar refractivity (Wildman–Crippen MR) is 77.2 cm³/mol. The van der Waals surface area contributed by atoms with E-state index in [4.69, 9.17) is 10.3 Å². The van der Waals surface area contributed by atoms with Crippen LogP contribution >= 0.6 is 0 Å². The Hall–Kier alpha value is -1.31. The van der Waals surface area contributed by atoms with Gasteiger partial charge < -0.3 is 9.92 Å². The molecule has 0 aliphatic carbocycles. The van der Waals surface area contributed by atoms with E-state index in [1.54, 1.807) is 30.4 Å². The van der Waals surface area contributed by atoms with E-state index in [1.807, 2.05) is 18.2 Å². The Labute approximate surface area is 145 Å². The number of anilines is 1. The molecule has 2 aromatic carbocycles. The van der Waals surface area contributed by atoms with Crippen molar-refractivity contribution in [1.82, 2.24) is 0 Å². The second kappa shape index (κ2) is 7.63. The summed E-state index contributed by atoms with van der Waals surface area (Å²) < 4.78 is 34.8. The van der Waals surface area contributed by atoms with Gasteiger partial charge in [-0.3, -0.25) is 4.55 Å². The first-order valence-corrected chi connectivity index (χ1v) is 7.02. The van der Waals surface area contributed by atoms with Gasteiger partial charge in [-0.1, -0.05) is 6.08 Å². The van der Waals surface area contributed by atoms with Gasteiger partial charge in [0.15, 0.2) is 5.75 Å². The Kier molecular flexibility index (Phi) is 6.44. The summed E-state index contributed by atoms with van der Waals surface area (Å²) in [5.41, 5.74) is 7.18. The molecule has 21 heavy (non-hydrogen) atoms. The van der Waals surface area contributed by atoms with Crippen LogP contribution in [0, 0.1) is 6.07 Å². The molecule has 0 aliphatic heterocycles. The largest absolute Gasteiger partial charge is 1.00 e. The number of hydrogen-bond acceptors (Lipinski definition) is 4. The van der Waals surface area contributed by atoms with Gasteiger partial charge in [0.2, 0.25) is 0 Å². The average molecular weight is 313 g/mol. The molecule has 0 bridgehead atoms. The number of hydrogen-bond donors (Lipinski definition) is 2. The number of rotatable bonds is 4. The number of nitrogens with two attached hydrogens (primary N) is 1. The summed E-state index contributed by atoms with van der Waals surface area (Å²) >= 11 is 0. The maximum absolute atomic E-state index is 10.8. The molecular formula is C14H12NNaO4S. The molecule has 104 valence electrons. The van der Waals surface area contributed by atoms with E-state index in [1.165, 1.54) is 6.07 Å². The van der Waals surface area contributed by atoms with Gasteiger partial charge in [0.1, 0.15) is 0 Å². The summed E-state index contributed by atoms with van der Waals surface area (Å²) in [5.74, 6) is -0.0420. The van der Waals surface area contributed by atoms with E-state index in [-0.39, 0.29) is 35.3 Å². The topological polar surface area (TPSA) is 89.6 Å². The second-order valence-electron chi connectivity index (χ2n) is 3.96. The van der Waals surface area contributed by atoms with Crippen LogP contribution in [0.2, 0.25) is 0 Å². The molecule has 0 heterocycles. The maximum Gasteiger partial charge on any atom is 1.00 e. The van der Waals surface area contributed by atoms with Gasteiger partial charge in [0, 0.05) is 17.3 Å². The molecule has 0 saturated carbocycles. The Morgan fingerprint density at radius 3 is 2.57 bits per heavy atom. The first kappa shape index (κ1) is 17.7. The first-order valence-electron chi connectivity index (χ1n) is 5.65. The summed E-state index contributed by atoms with van der Waals surface area (Å²) in [6.07, 6.45) is 3.38. The monoisotopic (exact) mass is 313 g/mol. The van der Waals surface area contributed by atoms with E-state index in [0.717, 1.165) is 5.56 Å². The average Bonchev–Trinajstić information content (AvgIpc) is 2.37. The minimum Gasteiger partial charge on any atom is -0.399 e. The van der Waals surface area contributed by atoms with E-state index in [9.17, 15) is 8.42 Å². The fraction of sp³-hybridized carbons (Fsp3) is 0. The summed E-state index contributed by atoms with van der Waals surface area (Å²) in [4.78, 5) is 0. The van der Waals surface area contributed by atoms with E-state index < -0.39 is 10.4 Å². The Bertz CT molecular complexity index is 730. The van der Waals surface area contributed by atoms with Gasteiger partial charge >= 0.3 is 40.0 Å². The van der Waals surface area contributed by atoms with Gasteiger partial charge in [-0.05, 0) is 12.1 Å². The van der Waals surface area contributed by atoms with Crippen molar-refractivity contribution in [3.8, 4) is 5.75 Å². The zero-order chi connectivity index (χ0) is 14.6. The van der Waals surface area contributed by atoms with Gasteiger partial charge in [-0.15, -0.1) is 36.4 Å². The second-order valence-corrected chi connectivity index (χ2v) is 4.98. The van der Waals surface area contributed by atoms with Crippen molar-refractivity contribution in [1.29, 1.82) is 0 Å². The maximum atomic E-state index is 10.8. The van der Waals surface area contributed by atoms with Gasteiger partial charge in [-0.2, -0.15) is 14.0 Å². The zero-order valence-electron chi connectivity index (χ0n) is 11.4. The van der Waals surface area contributed by atoms with Crippen LogP contribution in [0.5, 0.6) is 5.75 Å². The van der Waals surface area contributed by atoms with E-state index >= 15 is 0 Å². The van der Waals surface area contributed by atoms with Crippen LogP contribution in [0.3, 0.4) is 0 Å². The molecule has 0 spiro atoms. The molecule has 0 unspecified atom stereocenters. The van der Waals surface area contributed by atoms with Crippen molar-refractivity contribution in [2.75, 3.05) is 5.73 Å². The van der Waals surface area contributed by atoms with Crippen LogP contribution in [-0.4, -0.2) is 13.0 Å². The van der Waals surface area contributed by atoms with Crippen LogP contribution in [0.25, 0.3) is 12.2 Å². The predicted octanol–water partition coefficient (Wildman–Crippen LogP) is -0.575. The van der Waals surface area contributed by atoms with Crippen LogP contribution in [0.4, 0.5) is 5.69 Å². The minimum absolute atomic E-state index is 0. The summed E-state index contributed by atoms with van der Waals surface area (Å²) in [6, 6.07) is 14.8. The van der Waals surface area contributed by atoms with Crippen molar-refractivity contribution in [2.24, 2.45) is 0 Å². The van der Waals surface area contributed by atoms with Crippen LogP contribution in [-0.2, 0) is 10.4 Å². The van der Waals surface area contributed by atoms with Crippen LogP contribution in [0.15, 0.2) is 42.5 Å². The Morgan fingerprint density at radius 2 is 1.95 bits per heavy atom. The van der Waals surface area contributed by atoms with Crippen molar-refractivity contribution >= 4 is 28.2 Å².